The first kappa shape index (κ1) is 35.6. The SMILES string of the molecule is C=C(C)C(=O)OCC(O)COc1ccc(C(C)(C)c2ccc(OCC(O)COC(=O)C(=C)C)cc2)cc1.C=CC(=O)O. The zero-order valence-electron chi connectivity index (χ0n) is 24.5. The molecular weight excluding hydrogens is 544 g/mol. The summed E-state index contributed by atoms with van der Waals surface area (Å²) in [7, 11) is 0. The van der Waals surface area contributed by atoms with Crippen molar-refractivity contribution in [1.29, 1.82) is 0 Å². The molecule has 3 N–H and O–H groups in total. The Kier molecular flexibility index (Phi) is 14.8. The van der Waals surface area contributed by atoms with Crippen molar-refractivity contribution in [1.82, 2.24) is 0 Å². The van der Waals surface area contributed by atoms with Gasteiger partial charge in [-0.25, -0.2) is 14.4 Å². The number of aliphatic hydroxyl groups is 2. The number of aliphatic hydroxyl groups excluding tert-OH is 2. The second kappa shape index (κ2) is 17.4. The Morgan fingerprint density at radius 2 is 1.05 bits per heavy atom. The van der Waals surface area contributed by atoms with Crippen molar-refractivity contribution >= 4 is 17.9 Å². The first-order chi connectivity index (χ1) is 19.7. The minimum Gasteiger partial charge on any atom is -0.491 e. The fraction of sp³-hybridized carbons (Fsp3) is 0.344. The molecule has 42 heavy (non-hydrogen) atoms. The Morgan fingerprint density at radius 3 is 1.31 bits per heavy atom. The van der Waals surface area contributed by atoms with Crippen molar-refractivity contribution < 1.29 is 48.7 Å². The molecule has 10 nitrogen and oxygen atoms in total. The number of esters is 2. The lowest BCUT2D eigenvalue weighted by molar-refractivity contribution is -0.143. The molecule has 0 aromatic heterocycles. The summed E-state index contributed by atoms with van der Waals surface area (Å²) < 4.78 is 21.0. The number of hydrogen-bond acceptors (Lipinski definition) is 9. The molecule has 0 saturated carbocycles. The van der Waals surface area contributed by atoms with Gasteiger partial charge in [-0.15, -0.1) is 0 Å². The van der Waals surface area contributed by atoms with E-state index in [0.29, 0.717) is 11.5 Å². The molecule has 0 spiro atoms. The van der Waals surface area contributed by atoms with E-state index in [1.165, 1.54) is 13.8 Å². The maximum absolute atomic E-state index is 11.4. The van der Waals surface area contributed by atoms with E-state index >= 15 is 0 Å². The molecule has 10 heteroatoms. The van der Waals surface area contributed by atoms with Gasteiger partial charge < -0.3 is 34.3 Å². The van der Waals surface area contributed by atoms with Crippen LogP contribution in [0, 0.1) is 0 Å². The number of rotatable bonds is 15. The highest BCUT2D eigenvalue weighted by atomic mass is 16.6. The summed E-state index contributed by atoms with van der Waals surface area (Å²) >= 11 is 0. The van der Waals surface area contributed by atoms with E-state index in [0.717, 1.165) is 17.2 Å². The van der Waals surface area contributed by atoms with Crippen LogP contribution in [0.3, 0.4) is 0 Å². The van der Waals surface area contributed by atoms with E-state index < -0.39 is 30.1 Å². The summed E-state index contributed by atoms with van der Waals surface area (Å²) in [5, 5.41) is 27.5. The predicted molar refractivity (Wildman–Crippen MR) is 157 cm³/mol. The van der Waals surface area contributed by atoms with E-state index in [1.54, 1.807) is 0 Å². The lowest BCUT2D eigenvalue weighted by atomic mass is 9.78. The molecule has 0 aliphatic heterocycles. The van der Waals surface area contributed by atoms with Gasteiger partial charge in [0.1, 0.15) is 50.1 Å². The van der Waals surface area contributed by atoms with Gasteiger partial charge in [0.25, 0.3) is 0 Å². The summed E-state index contributed by atoms with van der Waals surface area (Å²) in [6.07, 6.45) is -1.07. The third-order valence-electron chi connectivity index (χ3n) is 5.72. The summed E-state index contributed by atoms with van der Waals surface area (Å²) in [6.45, 7) is 16.8. The highest BCUT2D eigenvalue weighted by Crippen LogP contribution is 2.33. The van der Waals surface area contributed by atoms with E-state index in [9.17, 15) is 24.6 Å². The Bertz CT molecular complexity index is 1130. The van der Waals surface area contributed by atoms with Gasteiger partial charge >= 0.3 is 17.9 Å². The van der Waals surface area contributed by atoms with E-state index in [2.05, 4.69) is 33.6 Å². The molecule has 0 fully saturated rings. The topological polar surface area (TPSA) is 149 Å². The molecule has 0 saturated heterocycles. The van der Waals surface area contributed by atoms with Crippen LogP contribution in [0.2, 0.25) is 0 Å². The van der Waals surface area contributed by atoms with Crippen LogP contribution in [-0.2, 0) is 29.3 Å². The average Bonchev–Trinajstić information content (AvgIpc) is 2.96. The van der Waals surface area contributed by atoms with Crippen molar-refractivity contribution in [2.45, 2.75) is 45.3 Å². The summed E-state index contributed by atoms with van der Waals surface area (Å²) in [4.78, 5) is 32.1. The monoisotopic (exact) mass is 584 g/mol. The number of carboxylic acid groups (broad SMARTS) is 1. The molecule has 2 unspecified atom stereocenters. The van der Waals surface area contributed by atoms with Gasteiger partial charge in [-0.2, -0.15) is 0 Å². The van der Waals surface area contributed by atoms with Crippen LogP contribution >= 0.6 is 0 Å². The minimum atomic E-state index is -0.981. The first-order valence-corrected chi connectivity index (χ1v) is 13.0. The van der Waals surface area contributed by atoms with Gasteiger partial charge in [0.2, 0.25) is 0 Å². The van der Waals surface area contributed by atoms with Crippen LogP contribution in [-0.4, -0.2) is 71.9 Å². The van der Waals surface area contributed by atoms with Crippen LogP contribution in [0.25, 0.3) is 0 Å². The number of aliphatic carboxylic acids is 1. The first-order valence-electron chi connectivity index (χ1n) is 13.0. The maximum atomic E-state index is 11.4. The lowest BCUT2D eigenvalue weighted by Gasteiger charge is -2.26. The van der Waals surface area contributed by atoms with Crippen molar-refractivity contribution in [3.05, 3.63) is 96.6 Å². The van der Waals surface area contributed by atoms with Crippen molar-refractivity contribution in [3.8, 4) is 11.5 Å². The molecule has 0 aliphatic carbocycles. The van der Waals surface area contributed by atoms with Gasteiger partial charge in [0.15, 0.2) is 0 Å². The third kappa shape index (κ3) is 12.8. The Hall–Kier alpha value is -4.41. The predicted octanol–water partition coefficient (Wildman–Crippen LogP) is 3.99. The van der Waals surface area contributed by atoms with Crippen LogP contribution in [0.5, 0.6) is 11.5 Å². The Morgan fingerprint density at radius 1 is 0.738 bits per heavy atom. The number of benzene rings is 2. The second-order valence-corrected chi connectivity index (χ2v) is 9.90. The van der Waals surface area contributed by atoms with Gasteiger partial charge in [0.05, 0.1) is 0 Å². The highest BCUT2D eigenvalue weighted by Gasteiger charge is 2.23. The smallest absolute Gasteiger partial charge is 0.333 e. The summed E-state index contributed by atoms with van der Waals surface area (Å²) in [5.74, 6) is -0.916. The van der Waals surface area contributed by atoms with Gasteiger partial charge in [-0.3, -0.25) is 0 Å². The average molecular weight is 585 g/mol. The molecule has 0 amide bonds. The van der Waals surface area contributed by atoms with Crippen LogP contribution in [0.1, 0.15) is 38.8 Å². The van der Waals surface area contributed by atoms with E-state index in [-0.39, 0.29) is 43.0 Å². The summed E-state index contributed by atoms with van der Waals surface area (Å²) in [5.41, 5.74) is 2.33. The zero-order chi connectivity index (χ0) is 31.9. The van der Waals surface area contributed by atoms with Crippen LogP contribution < -0.4 is 9.47 Å². The molecule has 0 radical (unpaired) electrons. The normalized spacial score (nSPS) is 12.0. The van der Waals surface area contributed by atoms with Crippen molar-refractivity contribution in [2.24, 2.45) is 0 Å². The molecule has 2 rings (SSSR count). The largest absolute Gasteiger partial charge is 0.491 e. The maximum Gasteiger partial charge on any atom is 0.333 e. The van der Waals surface area contributed by atoms with Crippen molar-refractivity contribution in [3.63, 3.8) is 0 Å². The Balaban J connectivity index is 0.00000162. The minimum absolute atomic E-state index is 0.0152. The van der Waals surface area contributed by atoms with E-state index in [4.69, 9.17) is 24.1 Å². The third-order valence-corrected chi connectivity index (χ3v) is 5.72. The second-order valence-electron chi connectivity index (χ2n) is 9.90. The van der Waals surface area contributed by atoms with E-state index in [1.807, 2.05) is 48.5 Å². The van der Waals surface area contributed by atoms with Crippen LogP contribution in [0.15, 0.2) is 85.5 Å². The molecule has 0 aliphatic rings. The Labute approximate surface area is 246 Å². The molecule has 2 aromatic rings. The number of hydrogen-bond donors (Lipinski definition) is 3. The molecule has 0 heterocycles. The molecule has 2 atom stereocenters. The number of ether oxygens (including phenoxy) is 4. The summed E-state index contributed by atoms with van der Waals surface area (Å²) in [6, 6.07) is 15.1. The number of carbonyl (C=O) groups is 3. The number of carbonyl (C=O) groups excluding carboxylic acids is 2. The lowest BCUT2D eigenvalue weighted by Crippen LogP contribution is -2.25. The standard InChI is InChI=1S/C29H36O8.C3H4O2/c1-19(2)27(32)36-17-23(30)15-34-25-11-7-21(8-12-25)29(5,6)22-9-13-26(14-10-22)35-16-24(31)18-37-28(33)20(3)4;1-2-3(4)5/h7-14,23-24,30-31H,1,3,15-18H2,2,4-6H3;2H,1H2,(H,4,5). The highest BCUT2D eigenvalue weighted by molar-refractivity contribution is 5.87. The quantitative estimate of drug-likeness (QED) is 0.207. The van der Waals surface area contributed by atoms with Gasteiger partial charge in [0, 0.05) is 22.6 Å². The van der Waals surface area contributed by atoms with Gasteiger partial charge in [-0.05, 0) is 49.2 Å². The van der Waals surface area contributed by atoms with Crippen LogP contribution in [0.4, 0.5) is 0 Å². The fourth-order valence-corrected chi connectivity index (χ4v) is 3.17. The molecule has 228 valence electrons. The van der Waals surface area contributed by atoms with Gasteiger partial charge in [-0.1, -0.05) is 57.8 Å². The zero-order valence-corrected chi connectivity index (χ0v) is 24.5. The molecule has 0 bridgehead atoms. The van der Waals surface area contributed by atoms with Crippen molar-refractivity contribution in [2.75, 3.05) is 26.4 Å². The fourth-order valence-electron chi connectivity index (χ4n) is 3.17. The number of carboxylic acids is 1. The molecular formula is C32H40O10. The molecule has 2 aromatic carbocycles.